The number of hydrogen-bond donors (Lipinski definition) is 2. The summed E-state index contributed by atoms with van der Waals surface area (Å²) in [7, 11) is 0. The molecule has 3 rings (SSSR count). The van der Waals surface area contributed by atoms with Crippen molar-refractivity contribution in [3.05, 3.63) is 42.5 Å². The van der Waals surface area contributed by atoms with Gasteiger partial charge in [0.25, 0.3) is 0 Å². The highest BCUT2D eigenvalue weighted by atomic mass is 35.5. The second-order valence-electron chi connectivity index (χ2n) is 4.47. The maximum atomic E-state index is 9.46. The molecule has 0 spiro atoms. The van der Waals surface area contributed by atoms with Gasteiger partial charge in [-0.2, -0.15) is 0 Å². The molecule has 1 unspecified atom stereocenters. The lowest BCUT2D eigenvalue weighted by Gasteiger charge is -2.10. The summed E-state index contributed by atoms with van der Waals surface area (Å²) in [6, 6.07) is 14.0. The smallest absolute Gasteiger partial charge is 0.143 e. The molecule has 2 N–H and O–H groups in total. The van der Waals surface area contributed by atoms with Crippen LogP contribution in [0.4, 0.5) is 0 Å². The number of alkyl halides is 1. The molecular formula is C15H14ClNO2. The third kappa shape index (κ3) is 2.27. The van der Waals surface area contributed by atoms with Gasteiger partial charge in [0.05, 0.1) is 11.4 Å². The van der Waals surface area contributed by atoms with E-state index < -0.39 is 6.10 Å². The Morgan fingerprint density at radius 2 is 1.89 bits per heavy atom. The molecule has 0 bridgehead atoms. The van der Waals surface area contributed by atoms with E-state index in [4.69, 9.17) is 16.3 Å². The van der Waals surface area contributed by atoms with E-state index in [9.17, 15) is 5.11 Å². The summed E-state index contributed by atoms with van der Waals surface area (Å²) in [6.45, 7) is 0.192. The third-order valence-electron chi connectivity index (χ3n) is 3.11. The Hall–Kier alpha value is -1.71. The Morgan fingerprint density at radius 3 is 2.74 bits per heavy atom. The summed E-state index contributed by atoms with van der Waals surface area (Å²) in [5.74, 6) is 0.903. The largest absolute Gasteiger partial charge is 0.489 e. The van der Waals surface area contributed by atoms with Crippen molar-refractivity contribution >= 4 is 33.4 Å². The lowest BCUT2D eigenvalue weighted by Crippen LogP contribution is -2.18. The molecule has 0 aliphatic heterocycles. The molecule has 0 saturated heterocycles. The highest BCUT2D eigenvalue weighted by Gasteiger charge is 2.10. The van der Waals surface area contributed by atoms with Crippen molar-refractivity contribution in [2.24, 2.45) is 0 Å². The van der Waals surface area contributed by atoms with Crippen LogP contribution in [0.1, 0.15) is 0 Å². The molecule has 0 aliphatic rings. The van der Waals surface area contributed by atoms with Crippen LogP contribution in [-0.2, 0) is 0 Å². The zero-order valence-electron chi connectivity index (χ0n) is 10.3. The van der Waals surface area contributed by atoms with E-state index in [1.165, 1.54) is 5.39 Å². The van der Waals surface area contributed by atoms with E-state index in [-0.39, 0.29) is 12.5 Å². The first-order valence-corrected chi connectivity index (χ1v) is 6.69. The van der Waals surface area contributed by atoms with Crippen molar-refractivity contribution in [3.8, 4) is 5.75 Å². The maximum absolute atomic E-state index is 9.46. The van der Waals surface area contributed by atoms with Gasteiger partial charge in [-0.05, 0) is 12.1 Å². The Bertz CT molecular complexity index is 708. The Kier molecular flexibility index (Phi) is 3.32. The van der Waals surface area contributed by atoms with Gasteiger partial charge >= 0.3 is 0 Å². The quantitative estimate of drug-likeness (QED) is 0.718. The third-order valence-corrected chi connectivity index (χ3v) is 3.47. The van der Waals surface area contributed by atoms with Crippen LogP contribution in [0.25, 0.3) is 21.8 Å². The number of fused-ring (bicyclic) bond motifs is 3. The number of aliphatic hydroxyl groups excluding tert-OH is 1. The molecule has 1 atom stereocenters. The summed E-state index contributed by atoms with van der Waals surface area (Å²) in [4.78, 5) is 3.35. The van der Waals surface area contributed by atoms with E-state index in [2.05, 4.69) is 17.1 Å². The number of aromatic nitrogens is 1. The van der Waals surface area contributed by atoms with Crippen molar-refractivity contribution in [3.63, 3.8) is 0 Å². The summed E-state index contributed by atoms with van der Waals surface area (Å²) in [5, 5.41) is 11.8. The van der Waals surface area contributed by atoms with Gasteiger partial charge in [0.1, 0.15) is 18.5 Å². The second kappa shape index (κ2) is 5.11. The van der Waals surface area contributed by atoms with E-state index in [1.807, 2.05) is 30.3 Å². The number of hydrogen-bond acceptors (Lipinski definition) is 2. The number of para-hydroxylation sites is 2. The molecule has 1 heterocycles. The molecule has 3 aromatic rings. The van der Waals surface area contributed by atoms with Crippen LogP contribution in [0.15, 0.2) is 42.5 Å². The fourth-order valence-corrected chi connectivity index (χ4v) is 2.29. The van der Waals surface area contributed by atoms with Gasteiger partial charge in [-0.1, -0.05) is 30.3 Å². The number of aliphatic hydroxyl groups is 1. The highest BCUT2D eigenvalue weighted by Crippen LogP contribution is 2.31. The first-order valence-electron chi connectivity index (χ1n) is 6.16. The lowest BCUT2D eigenvalue weighted by molar-refractivity contribution is 0.126. The number of nitrogens with one attached hydrogen (secondary N) is 1. The number of benzene rings is 2. The minimum absolute atomic E-state index is 0.169. The molecule has 19 heavy (non-hydrogen) atoms. The standard InChI is InChI=1S/C15H14ClNO2/c16-8-10(18)9-19-14-7-3-5-12-11-4-1-2-6-13(11)17-15(12)14/h1-7,10,17-18H,8-9H2. The van der Waals surface area contributed by atoms with Crippen molar-refractivity contribution < 1.29 is 9.84 Å². The molecular weight excluding hydrogens is 262 g/mol. The van der Waals surface area contributed by atoms with Crippen LogP contribution >= 0.6 is 11.6 Å². The van der Waals surface area contributed by atoms with Crippen LogP contribution in [0.3, 0.4) is 0 Å². The summed E-state index contributed by atoms with van der Waals surface area (Å²) < 4.78 is 5.64. The number of ether oxygens (including phenoxy) is 1. The van der Waals surface area contributed by atoms with Gasteiger partial charge in [-0.15, -0.1) is 11.6 Å². The molecule has 1 aromatic heterocycles. The van der Waals surface area contributed by atoms with Gasteiger partial charge in [0, 0.05) is 16.3 Å². The maximum Gasteiger partial charge on any atom is 0.143 e. The molecule has 0 amide bonds. The van der Waals surface area contributed by atoms with E-state index in [1.54, 1.807) is 0 Å². The van der Waals surface area contributed by atoms with Crippen LogP contribution in [0.2, 0.25) is 0 Å². The fraction of sp³-hybridized carbons (Fsp3) is 0.200. The van der Waals surface area contributed by atoms with Gasteiger partial charge in [-0.3, -0.25) is 0 Å². The first-order chi connectivity index (χ1) is 9.29. The predicted molar refractivity (Wildman–Crippen MR) is 78.0 cm³/mol. The topological polar surface area (TPSA) is 45.2 Å². The highest BCUT2D eigenvalue weighted by molar-refractivity contribution is 6.18. The van der Waals surface area contributed by atoms with Gasteiger partial charge in [0.15, 0.2) is 0 Å². The Labute approximate surface area is 115 Å². The molecule has 4 heteroatoms. The number of H-pyrrole nitrogens is 1. The van der Waals surface area contributed by atoms with E-state index in [0.29, 0.717) is 0 Å². The molecule has 0 fully saturated rings. The summed E-state index contributed by atoms with van der Waals surface area (Å²) >= 11 is 5.56. The van der Waals surface area contributed by atoms with Crippen LogP contribution in [0.5, 0.6) is 5.75 Å². The normalized spacial score (nSPS) is 12.9. The monoisotopic (exact) mass is 275 g/mol. The van der Waals surface area contributed by atoms with Crippen molar-refractivity contribution in [2.75, 3.05) is 12.5 Å². The van der Waals surface area contributed by atoms with Crippen LogP contribution < -0.4 is 4.74 Å². The first kappa shape index (κ1) is 12.3. The summed E-state index contributed by atoms with van der Waals surface area (Å²) in [5.41, 5.74) is 2.02. The fourth-order valence-electron chi connectivity index (χ4n) is 2.20. The van der Waals surface area contributed by atoms with Gasteiger partial charge in [-0.25, -0.2) is 0 Å². The minimum atomic E-state index is -0.652. The molecule has 0 saturated carbocycles. The predicted octanol–water partition coefficient (Wildman–Crippen LogP) is 3.30. The molecule has 3 nitrogen and oxygen atoms in total. The van der Waals surface area contributed by atoms with Crippen LogP contribution in [0, 0.1) is 0 Å². The van der Waals surface area contributed by atoms with E-state index >= 15 is 0 Å². The average Bonchev–Trinajstić information content (AvgIpc) is 2.84. The average molecular weight is 276 g/mol. The molecule has 0 radical (unpaired) electrons. The number of aromatic amines is 1. The van der Waals surface area contributed by atoms with Gasteiger partial charge < -0.3 is 14.8 Å². The van der Waals surface area contributed by atoms with Crippen molar-refractivity contribution in [1.82, 2.24) is 4.98 Å². The zero-order chi connectivity index (χ0) is 13.2. The molecule has 2 aromatic carbocycles. The second-order valence-corrected chi connectivity index (χ2v) is 4.78. The Balaban J connectivity index is 2.05. The lowest BCUT2D eigenvalue weighted by atomic mass is 10.1. The number of rotatable bonds is 4. The van der Waals surface area contributed by atoms with Gasteiger partial charge in [0.2, 0.25) is 0 Å². The Morgan fingerprint density at radius 1 is 1.11 bits per heavy atom. The summed E-state index contributed by atoms with van der Waals surface area (Å²) in [6.07, 6.45) is -0.652. The molecule has 0 aliphatic carbocycles. The van der Waals surface area contributed by atoms with Crippen molar-refractivity contribution in [1.29, 1.82) is 0 Å². The van der Waals surface area contributed by atoms with E-state index in [0.717, 1.165) is 22.2 Å². The van der Waals surface area contributed by atoms with Crippen molar-refractivity contribution in [2.45, 2.75) is 6.10 Å². The minimum Gasteiger partial charge on any atom is -0.489 e. The SMILES string of the molecule is OC(CCl)COc1cccc2c1[nH]c1ccccc12. The van der Waals surface area contributed by atoms with Crippen LogP contribution in [-0.4, -0.2) is 28.7 Å². The zero-order valence-corrected chi connectivity index (χ0v) is 11.0. The molecule has 98 valence electrons. The number of halogens is 1.